The second-order valence-electron chi connectivity index (χ2n) is 9.24. The number of aryl methyl sites for hydroxylation is 2. The number of para-hydroxylation sites is 1. The van der Waals surface area contributed by atoms with Crippen LogP contribution in [0.25, 0.3) is 10.1 Å². The number of carbonyl (C=O) groups excluding carboxylic acids is 1. The smallest absolute Gasteiger partial charge is 0.316 e. The van der Waals surface area contributed by atoms with Crippen molar-refractivity contribution in [3.63, 3.8) is 0 Å². The Morgan fingerprint density at radius 3 is 2.74 bits per heavy atom. The lowest BCUT2D eigenvalue weighted by atomic mass is 10.1. The van der Waals surface area contributed by atoms with Crippen LogP contribution in [0.4, 0.5) is 16.2 Å². The van der Waals surface area contributed by atoms with Crippen molar-refractivity contribution in [3.05, 3.63) is 52.9 Å². The molecule has 2 aromatic carbocycles. The molecule has 6 nitrogen and oxygen atoms in total. The van der Waals surface area contributed by atoms with Crippen LogP contribution in [-0.2, 0) is 12.8 Å². The largest absolute Gasteiger partial charge is 0.491 e. The van der Waals surface area contributed by atoms with Gasteiger partial charge >= 0.3 is 6.03 Å². The summed E-state index contributed by atoms with van der Waals surface area (Å²) in [7, 11) is 0. The number of benzene rings is 2. The van der Waals surface area contributed by atoms with Crippen LogP contribution in [0.5, 0.6) is 5.75 Å². The molecule has 2 amide bonds. The minimum atomic E-state index is -0.497. The van der Waals surface area contributed by atoms with Gasteiger partial charge in [-0.3, -0.25) is 4.90 Å². The lowest BCUT2D eigenvalue weighted by Gasteiger charge is -2.37. The average molecular weight is 479 g/mol. The highest BCUT2D eigenvalue weighted by atomic mass is 32.1. The van der Waals surface area contributed by atoms with E-state index in [9.17, 15) is 4.79 Å². The number of rotatable bonds is 7. The molecule has 3 N–H and O–H groups in total. The van der Waals surface area contributed by atoms with Gasteiger partial charge in [-0.1, -0.05) is 30.3 Å². The number of nitrogens with zero attached hydrogens (tertiary/aromatic N) is 2. The first-order valence-electron chi connectivity index (χ1n) is 12.5. The second-order valence-corrected chi connectivity index (χ2v) is 10.4. The summed E-state index contributed by atoms with van der Waals surface area (Å²) in [4.78, 5) is 17.8. The summed E-state index contributed by atoms with van der Waals surface area (Å²) in [6, 6.07) is 14.3. The fourth-order valence-corrected chi connectivity index (χ4v) is 6.34. The summed E-state index contributed by atoms with van der Waals surface area (Å²) >= 11 is 1.76. The Bertz CT molecular complexity index is 1140. The number of piperazine rings is 1. The van der Waals surface area contributed by atoms with Crippen LogP contribution in [0.2, 0.25) is 0 Å². The Balaban J connectivity index is 1.12. The van der Waals surface area contributed by atoms with E-state index in [-0.39, 0.29) is 0 Å². The monoisotopic (exact) mass is 478 g/mol. The molecule has 2 aliphatic rings. The average Bonchev–Trinajstić information content (AvgIpc) is 3.02. The quantitative estimate of drug-likeness (QED) is 0.455. The normalized spacial score (nSPS) is 16.6. The number of primary amides is 1. The SMILES string of the molecule is NC(=O)Nc1c(CCCCN2CCN(c3cccc4c3OCCCC4)CC2)sc2ccccc12. The lowest BCUT2D eigenvalue weighted by molar-refractivity contribution is 0.251. The summed E-state index contributed by atoms with van der Waals surface area (Å²) in [6.07, 6.45) is 6.69. The van der Waals surface area contributed by atoms with Gasteiger partial charge < -0.3 is 20.7 Å². The van der Waals surface area contributed by atoms with Gasteiger partial charge in [-0.25, -0.2) is 4.79 Å². The number of unbranched alkanes of at least 4 members (excludes halogenated alkanes) is 1. The number of nitrogens with one attached hydrogen (secondary N) is 1. The summed E-state index contributed by atoms with van der Waals surface area (Å²) < 4.78 is 7.34. The van der Waals surface area contributed by atoms with E-state index < -0.39 is 6.03 Å². The van der Waals surface area contributed by atoms with Crippen molar-refractivity contribution in [2.45, 2.75) is 38.5 Å². The Kier molecular flexibility index (Phi) is 7.21. The van der Waals surface area contributed by atoms with Crippen LogP contribution in [0.15, 0.2) is 42.5 Å². The van der Waals surface area contributed by atoms with E-state index in [1.54, 1.807) is 11.3 Å². The van der Waals surface area contributed by atoms with Gasteiger partial charge in [0.15, 0.2) is 0 Å². The van der Waals surface area contributed by atoms with Crippen LogP contribution < -0.4 is 20.7 Å². The minimum Gasteiger partial charge on any atom is -0.491 e. The zero-order valence-corrected chi connectivity index (χ0v) is 20.5. The number of fused-ring (bicyclic) bond motifs is 2. The molecule has 0 spiro atoms. The summed E-state index contributed by atoms with van der Waals surface area (Å²) in [5.74, 6) is 1.12. The molecule has 3 aromatic rings. The van der Waals surface area contributed by atoms with Crippen molar-refractivity contribution in [2.75, 3.05) is 49.5 Å². The van der Waals surface area contributed by atoms with E-state index in [1.165, 1.54) is 27.2 Å². The highest BCUT2D eigenvalue weighted by Crippen LogP contribution is 2.37. The third kappa shape index (κ3) is 5.15. The first-order chi connectivity index (χ1) is 16.7. The molecule has 1 fully saturated rings. The number of carbonyl (C=O) groups is 1. The van der Waals surface area contributed by atoms with Gasteiger partial charge in [0, 0.05) is 41.1 Å². The van der Waals surface area contributed by atoms with Crippen LogP contribution in [0.1, 0.15) is 36.1 Å². The van der Waals surface area contributed by atoms with E-state index in [1.807, 2.05) is 12.1 Å². The van der Waals surface area contributed by atoms with Crippen LogP contribution in [0, 0.1) is 0 Å². The molecule has 0 atom stereocenters. The second kappa shape index (κ2) is 10.7. The van der Waals surface area contributed by atoms with Gasteiger partial charge in [0.25, 0.3) is 0 Å². The van der Waals surface area contributed by atoms with E-state index in [0.29, 0.717) is 0 Å². The van der Waals surface area contributed by atoms with Crippen molar-refractivity contribution in [1.29, 1.82) is 0 Å². The van der Waals surface area contributed by atoms with E-state index in [4.69, 9.17) is 10.5 Å². The Hall–Kier alpha value is -2.77. The molecule has 3 heterocycles. The Morgan fingerprint density at radius 2 is 1.88 bits per heavy atom. The molecule has 1 saturated heterocycles. The maximum Gasteiger partial charge on any atom is 0.316 e. The summed E-state index contributed by atoms with van der Waals surface area (Å²) in [5.41, 5.74) is 8.97. The molecule has 34 heavy (non-hydrogen) atoms. The third-order valence-corrected chi connectivity index (χ3v) is 8.15. The molecule has 2 aliphatic heterocycles. The number of thiophene rings is 1. The predicted octanol–water partition coefficient (Wildman–Crippen LogP) is 5.25. The van der Waals surface area contributed by atoms with E-state index >= 15 is 0 Å². The number of hydrogen-bond donors (Lipinski definition) is 2. The van der Waals surface area contributed by atoms with Crippen LogP contribution >= 0.6 is 11.3 Å². The molecule has 0 aliphatic carbocycles. The van der Waals surface area contributed by atoms with Crippen molar-refractivity contribution in [2.24, 2.45) is 5.73 Å². The molecular formula is C27H34N4O2S. The molecule has 1 aromatic heterocycles. The van der Waals surface area contributed by atoms with Gasteiger partial charge in [-0.2, -0.15) is 0 Å². The molecule has 0 radical (unpaired) electrons. The number of anilines is 2. The molecule has 180 valence electrons. The van der Waals surface area contributed by atoms with Gasteiger partial charge in [0.1, 0.15) is 5.75 Å². The molecular weight excluding hydrogens is 444 g/mol. The predicted molar refractivity (Wildman–Crippen MR) is 141 cm³/mol. The molecule has 0 saturated carbocycles. The standard InChI is InChI=1S/C27H34N4O2S/c28-27(32)29-25-21-10-1-2-12-23(21)34-24(25)13-3-5-14-30-15-17-31(18-16-30)22-11-7-9-20-8-4-6-19-33-26(20)22/h1-2,7,9-12H,3-6,8,13-19H2,(H3,28,29,32). The first kappa shape index (κ1) is 23.0. The number of amides is 2. The molecule has 7 heteroatoms. The van der Waals surface area contributed by atoms with Crippen molar-refractivity contribution >= 4 is 38.8 Å². The Labute approximate surface area is 205 Å². The fraction of sp³-hybridized carbons (Fsp3) is 0.444. The molecule has 5 rings (SSSR count). The number of ether oxygens (including phenoxy) is 1. The zero-order valence-electron chi connectivity index (χ0n) is 19.7. The highest BCUT2D eigenvalue weighted by molar-refractivity contribution is 7.19. The van der Waals surface area contributed by atoms with Crippen molar-refractivity contribution in [1.82, 2.24) is 4.90 Å². The van der Waals surface area contributed by atoms with Crippen molar-refractivity contribution < 1.29 is 9.53 Å². The van der Waals surface area contributed by atoms with E-state index in [2.05, 4.69) is 45.4 Å². The van der Waals surface area contributed by atoms with Gasteiger partial charge in [0.05, 0.1) is 18.0 Å². The van der Waals surface area contributed by atoms with Crippen LogP contribution in [-0.4, -0.2) is 50.3 Å². The number of hydrogen-bond acceptors (Lipinski definition) is 5. The minimum absolute atomic E-state index is 0.497. The van der Waals surface area contributed by atoms with E-state index in [0.717, 1.165) is 88.3 Å². The Morgan fingerprint density at radius 1 is 1.03 bits per heavy atom. The topological polar surface area (TPSA) is 70.8 Å². The van der Waals surface area contributed by atoms with Gasteiger partial charge in [-0.05, 0) is 62.8 Å². The van der Waals surface area contributed by atoms with Crippen molar-refractivity contribution in [3.8, 4) is 5.75 Å². The fourth-order valence-electron chi connectivity index (χ4n) is 5.14. The maximum absolute atomic E-state index is 11.5. The lowest BCUT2D eigenvalue weighted by Crippen LogP contribution is -2.46. The number of urea groups is 1. The number of nitrogens with two attached hydrogens (primary N) is 1. The third-order valence-electron chi connectivity index (χ3n) is 6.92. The summed E-state index contributed by atoms with van der Waals surface area (Å²) in [5, 5.41) is 3.94. The zero-order chi connectivity index (χ0) is 23.3. The van der Waals surface area contributed by atoms with Gasteiger partial charge in [-0.15, -0.1) is 11.3 Å². The van der Waals surface area contributed by atoms with Gasteiger partial charge in [0.2, 0.25) is 0 Å². The molecule has 0 bridgehead atoms. The maximum atomic E-state index is 11.5. The first-order valence-corrected chi connectivity index (χ1v) is 13.3. The summed E-state index contributed by atoms with van der Waals surface area (Å²) in [6.45, 7) is 6.20. The highest BCUT2D eigenvalue weighted by Gasteiger charge is 2.22. The molecule has 0 unspecified atom stereocenters. The van der Waals surface area contributed by atoms with Crippen LogP contribution in [0.3, 0.4) is 0 Å².